The first kappa shape index (κ1) is 14.9. The minimum Gasteiger partial charge on any atom is -0.317 e. The number of nitrogens with one attached hydrogen (secondary N) is 1. The van der Waals surface area contributed by atoms with E-state index in [1.807, 2.05) is 7.05 Å². The molecule has 0 aromatic rings. The van der Waals surface area contributed by atoms with Crippen LogP contribution in [0.2, 0.25) is 0 Å². The summed E-state index contributed by atoms with van der Waals surface area (Å²) in [5.41, 5.74) is 0. The van der Waals surface area contributed by atoms with E-state index in [1.54, 1.807) is 6.92 Å². The van der Waals surface area contributed by atoms with Crippen LogP contribution in [0.4, 0.5) is 0 Å². The van der Waals surface area contributed by atoms with Crippen molar-refractivity contribution in [1.29, 1.82) is 0 Å². The summed E-state index contributed by atoms with van der Waals surface area (Å²) in [5.74, 6) is 1.22. The van der Waals surface area contributed by atoms with Crippen LogP contribution in [0.3, 0.4) is 0 Å². The lowest BCUT2D eigenvalue weighted by Gasteiger charge is -2.16. The van der Waals surface area contributed by atoms with Crippen LogP contribution in [0, 0.1) is 5.92 Å². The number of hydrogen-bond donors (Lipinski definition) is 1. The Morgan fingerprint density at radius 3 is 2.33 bits per heavy atom. The van der Waals surface area contributed by atoms with Gasteiger partial charge in [0.25, 0.3) is 0 Å². The molecule has 92 valence electrons. The topological polar surface area (TPSA) is 46.2 Å². The second-order valence-corrected chi connectivity index (χ2v) is 6.88. The zero-order valence-corrected chi connectivity index (χ0v) is 11.2. The zero-order chi connectivity index (χ0) is 11.9. The minimum atomic E-state index is -2.76. The van der Waals surface area contributed by atoms with Crippen molar-refractivity contribution in [3.8, 4) is 0 Å². The summed E-state index contributed by atoms with van der Waals surface area (Å²) in [6.07, 6.45) is 2.92. The first-order valence-corrected chi connectivity index (χ1v) is 7.61. The first-order valence-electron chi connectivity index (χ1n) is 5.79. The average molecular weight is 235 g/mol. The molecule has 0 aliphatic rings. The molecule has 0 aromatic carbocycles. The highest BCUT2D eigenvalue weighted by Gasteiger charge is 2.10. The van der Waals surface area contributed by atoms with Crippen LogP contribution < -0.4 is 5.32 Å². The summed E-state index contributed by atoms with van der Waals surface area (Å²) in [6.45, 7) is 6.05. The largest absolute Gasteiger partial charge is 0.317 e. The molecule has 0 bridgehead atoms. The molecular formula is C11H25NO2S. The van der Waals surface area contributed by atoms with Crippen molar-refractivity contribution in [1.82, 2.24) is 5.32 Å². The summed E-state index contributed by atoms with van der Waals surface area (Å²) in [7, 11) is -0.808. The van der Waals surface area contributed by atoms with Crippen LogP contribution in [0.5, 0.6) is 0 Å². The minimum absolute atomic E-state index is 0.272. The fraction of sp³-hybridized carbons (Fsp3) is 1.00. The van der Waals surface area contributed by atoms with Crippen LogP contribution >= 0.6 is 0 Å². The average Bonchev–Trinajstić information content (AvgIpc) is 2.17. The van der Waals surface area contributed by atoms with Gasteiger partial charge in [0.1, 0.15) is 9.84 Å². The molecule has 2 unspecified atom stereocenters. The van der Waals surface area contributed by atoms with Gasteiger partial charge in [-0.1, -0.05) is 13.8 Å². The first-order chi connectivity index (χ1) is 6.91. The molecule has 2 atom stereocenters. The second-order valence-electron chi connectivity index (χ2n) is 4.41. The molecule has 0 aromatic heterocycles. The lowest BCUT2D eigenvalue weighted by molar-refractivity contribution is 0.416. The van der Waals surface area contributed by atoms with Gasteiger partial charge >= 0.3 is 0 Å². The summed E-state index contributed by atoms with van der Waals surface area (Å²) in [5, 5.41) is 3.20. The highest BCUT2D eigenvalue weighted by Crippen LogP contribution is 2.13. The van der Waals surface area contributed by atoms with E-state index in [0.717, 1.165) is 19.3 Å². The fourth-order valence-electron chi connectivity index (χ4n) is 1.64. The van der Waals surface area contributed by atoms with Crippen molar-refractivity contribution in [2.75, 3.05) is 18.6 Å². The standard InChI is InChI=1S/C11H25NO2S/c1-5-15(13,14)8-6-7-10(2)9-11(3)12-4/h10-12H,5-9H2,1-4H3. The number of hydrogen-bond acceptors (Lipinski definition) is 3. The molecule has 1 N–H and O–H groups in total. The van der Waals surface area contributed by atoms with E-state index in [1.165, 1.54) is 0 Å². The van der Waals surface area contributed by atoms with Crippen molar-refractivity contribution in [2.24, 2.45) is 5.92 Å². The van der Waals surface area contributed by atoms with Crippen LogP contribution in [-0.4, -0.2) is 33.0 Å². The van der Waals surface area contributed by atoms with Crippen molar-refractivity contribution >= 4 is 9.84 Å². The van der Waals surface area contributed by atoms with Crippen molar-refractivity contribution in [2.45, 2.75) is 46.1 Å². The van der Waals surface area contributed by atoms with Gasteiger partial charge in [0.15, 0.2) is 0 Å². The normalized spacial score (nSPS) is 16.3. The molecule has 3 nitrogen and oxygen atoms in total. The molecule has 0 heterocycles. The fourth-order valence-corrected chi connectivity index (χ4v) is 2.53. The van der Waals surface area contributed by atoms with E-state index in [9.17, 15) is 8.42 Å². The molecule has 4 heteroatoms. The van der Waals surface area contributed by atoms with Crippen molar-refractivity contribution < 1.29 is 8.42 Å². The van der Waals surface area contributed by atoms with E-state index in [0.29, 0.717) is 17.7 Å². The van der Waals surface area contributed by atoms with E-state index in [-0.39, 0.29) is 5.75 Å². The lowest BCUT2D eigenvalue weighted by Crippen LogP contribution is -2.23. The predicted octanol–water partition coefficient (Wildman–Crippen LogP) is 1.84. The van der Waals surface area contributed by atoms with Gasteiger partial charge in [-0.3, -0.25) is 0 Å². The molecule has 0 aliphatic heterocycles. The third-order valence-electron chi connectivity index (χ3n) is 2.84. The van der Waals surface area contributed by atoms with E-state index >= 15 is 0 Å². The summed E-state index contributed by atoms with van der Waals surface area (Å²) >= 11 is 0. The molecule has 0 spiro atoms. The Balaban J connectivity index is 3.68. The van der Waals surface area contributed by atoms with Gasteiger partial charge in [-0.05, 0) is 39.2 Å². The third-order valence-corrected chi connectivity index (χ3v) is 4.63. The number of rotatable bonds is 8. The number of sulfone groups is 1. The highest BCUT2D eigenvalue weighted by atomic mass is 32.2. The zero-order valence-electron chi connectivity index (χ0n) is 10.4. The van der Waals surface area contributed by atoms with Gasteiger partial charge in [-0.25, -0.2) is 8.42 Å². The Labute approximate surface area is 94.6 Å². The lowest BCUT2D eigenvalue weighted by atomic mass is 9.98. The smallest absolute Gasteiger partial charge is 0.150 e. The molecule has 0 saturated heterocycles. The van der Waals surface area contributed by atoms with Crippen molar-refractivity contribution in [3.05, 3.63) is 0 Å². The van der Waals surface area contributed by atoms with Crippen molar-refractivity contribution in [3.63, 3.8) is 0 Å². The Bertz CT molecular complexity index is 249. The maximum atomic E-state index is 11.2. The molecular weight excluding hydrogens is 210 g/mol. The molecule has 0 saturated carbocycles. The summed E-state index contributed by atoms with van der Waals surface area (Å²) in [6, 6.07) is 0.516. The summed E-state index contributed by atoms with van der Waals surface area (Å²) < 4.78 is 22.5. The van der Waals surface area contributed by atoms with Crippen LogP contribution in [0.1, 0.15) is 40.0 Å². The van der Waals surface area contributed by atoms with Gasteiger partial charge < -0.3 is 5.32 Å². The highest BCUT2D eigenvalue weighted by molar-refractivity contribution is 7.91. The Kier molecular flexibility index (Phi) is 7.18. The van der Waals surface area contributed by atoms with Crippen LogP contribution in [0.15, 0.2) is 0 Å². The quantitative estimate of drug-likeness (QED) is 0.698. The molecule has 0 amide bonds. The molecule has 0 radical (unpaired) electrons. The maximum absolute atomic E-state index is 11.2. The second kappa shape index (κ2) is 7.23. The third kappa shape index (κ3) is 7.79. The van der Waals surface area contributed by atoms with Crippen LogP contribution in [-0.2, 0) is 9.84 Å². The van der Waals surface area contributed by atoms with Gasteiger partial charge in [-0.15, -0.1) is 0 Å². The van der Waals surface area contributed by atoms with E-state index in [4.69, 9.17) is 0 Å². The molecule has 0 aliphatic carbocycles. The molecule has 15 heavy (non-hydrogen) atoms. The Morgan fingerprint density at radius 1 is 1.27 bits per heavy atom. The van der Waals surface area contributed by atoms with Gasteiger partial charge in [0.05, 0.1) is 5.75 Å². The Morgan fingerprint density at radius 2 is 1.87 bits per heavy atom. The predicted molar refractivity (Wildman–Crippen MR) is 65.9 cm³/mol. The van der Waals surface area contributed by atoms with Gasteiger partial charge in [0, 0.05) is 11.8 Å². The monoisotopic (exact) mass is 235 g/mol. The maximum Gasteiger partial charge on any atom is 0.150 e. The Hall–Kier alpha value is -0.0900. The van der Waals surface area contributed by atoms with Gasteiger partial charge in [-0.2, -0.15) is 0 Å². The van der Waals surface area contributed by atoms with E-state index in [2.05, 4.69) is 19.2 Å². The van der Waals surface area contributed by atoms with E-state index < -0.39 is 9.84 Å². The SMILES string of the molecule is CCS(=O)(=O)CCCC(C)CC(C)NC. The summed E-state index contributed by atoms with van der Waals surface area (Å²) in [4.78, 5) is 0. The van der Waals surface area contributed by atoms with Gasteiger partial charge in [0.2, 0.25) is 0 Å². The molecule has 0 fully saturated rings. The van der Waals surface area contributed by atoms with Crippen LogP contribution in [0.25, 0.3) is 0 Å². The molecule has 0 rings (SSSR count).